The van der Waals surface area contributed by atoms with Gasteiger partial charge in [-0.3, -0.25) is 14.3 Å². The summed E-state index contributed by atoms with van der Waals surface area (Å²) in [5.41, 5.74) is 1.62. The van der Waals surface area contributed by atoms with Gasteiger partial charge in [-0.15, -0.1) is 0 Å². The highest BCUT2D eigenvalue weighted by Gasteiger charge is 2.36. The molecule has 1 aromatic carbocycles. The van der Waals surface area contributed by atoms with Gasteiger partial charge in [-0.2, -0.15) is 0 Å². The Morgan fingerprint density at radius 2 is 2.00 bits per heavy atom. The minimum Gasteiger partial charge on any atom is -0.465 e. The second-order valence-electron chi connectivity index (χ2n) is 8.20. The van der Waals surface area contributed by atoms with E-state index in [1.165, 1.54) is 6.33 Å². The molecule has 0 spiro atoms. The maximum absolute atomic E-state index is 13.5. The molecule has 1 aliphatic carbocycles. The number of carbonyl (C=O) groups is 1. The zero-order valence-electron chi connectivity index (χ0n) is 18.1. The summed E-state index contributed by atoms with van der Waals surface area (Å²) in [5, 5.41) is 15.4. The van der Waals surface area contributed by atoms with Crippen molar-refractivity contribution in [2.45, 2.75) is 31.8 Å². The Labute approximate surface area is 199 Å². The molecule has 0 bridgehead atoms. The molecule has 0 saturated heterocycles. The lowest BCUT2D eigenvalue weighted by atomic mass is 10.1. The summed E-state index contributed by atoms with van der Waals surface area (Å²) in [4.78, 5) is 42.4. The molecule has 1 atom stereocenters. The third-order valence-corrected chi connectivity index (χ3v) is 6.17. The Morgan fingerprint density at radius 1 is 1.18 bits per heavy atom. The fraction of sp³-hybridized carbons (Fsp3) is 0.304. The number of benzene rings is 1. The van der Waals surface area contributed by atoms with Crippen LogP contribution in [-0.2, 0) is 6.54 Å². The van der Waals surface area contributed by atoms with Crippen LogP contribution in [0.15, 0.2) is 47.7 Å². The Kier molecular flexibility index (Phi) is 5.97. The molecule has 3 heterocycles. The van der Waals surface area contributed by atoms with E-state index < -0.39 is 6.09 Å². The van der Waals surface area contributed by atoms with Gasteiger partial charge < -0.3 is 15.7 Å². The topological polar surface area (TPSA) is 135 Å². The number of hydrogen-bond donors (Lipinski definition) is 3. The molecule has 34 heavy (non-hydrogen) atoms. The molecule has 4 aromatic rings. The number of fused-ring (bicyclic) bond motifs is 2. The zero-order valence-corrected chi connectivity index (χ0v) is 18.9. The van der Waals surface area contributed by atoms with Crippen molar-refractivity contribution in [1.29, 1.82) is 0 Å². The summed E-state index contributed by atoms with van der Waals surface area (Å²) >= 11 is 6.35. The van der Waals surface area contributed by atoms with Gasteiger partial charge in [0, 0.05) is 19.3 Å². The number of carboxylic acid groups (broad SMARTS) is 1. The number of halogens is 1. The summed E-state index contributed by atoms with van der Waals surface area (Å²) < 4.78 is 1.60. The van der Waals surface area contributed by atoms with Crippen LogP contribution in [0, 0.1) is 5.92 Å². The minimum absolute atomic E-state index is 0.212. The molecule has 1 amide bonds. The summed E-state index contributed by atoms with van der Waals surface area (Å²) in [6.07, 6.45) is 4.45. The van der Waals surface area contributed by atoms with Gasteiger partial charge in [0.05, 0.1) is 27.5 Å². The van der Waals surface area contributed by atoms with Crippen LogP contribution in [0.4, 0.5) is 10.6 Å². The number of rotatable bonds is 8. The SMILES string of the molecule is O=C(O)NCCCn1c(C(Nc2ncnc3cccnc23)C2CC2)nc2cccc(Cl)c2c1=O. The highest BCUT2D eigenvalue weighted by atomic mass is 35.5. The van der Waals surface area contributed by atoms with Gasteiger partial charge in [-0.05, 0) is 49.4 Å². The second kappa shape index (κ2) is 9.22. The number of anilines is 1. The van der Waals surface area contributed by atoms with Crippen molar-refractivity contribution in [2.75, 3.05) is 11.9 Å². The van der Waals surface area contributed by atoms with E-state index in [1.807, 2.05) is 12.1 Å². The summed E-state index contributed by atoms with van der Waals surface area (Å²) in [6.45, 7) is 0.500. The Hall–Kier alpha value is -3.79. The fourth-order valence-corrected chi connectivity index (χ4v) is 4.35. The van der Waals surface area contributed by atoms with Crippen molar-refractivity contribution in [1.82, 2.24) is 29.8 Å². The molecule has 0 radical (unpaired) electrons. The van der Waals surface area contributed by atoms with E-state index >= 15 is 0 Å². The van der Waals surface area contributed by atoms with Gasteiger partial charge in [0.25, 0.3) is 5.56 Å². The molecular weight excluding hydrogens is 458 g/mol. The molecule has 1 unspecified atom stereocenters. The standard InChI is InChI=1S/C23H22ClN7O3/c24-14-4-1-5-15-17(14)22(32)31(11-3-10-26-23(33)34)21(29-15)18(13-7-8-13)30-20-19-16(27-12-28-20)6-2-9-25-19/h1-2,4-6,9,12-13,18,26H,3,7-8,10-11H2,(H,33,34)(H,27,28,30). The van der Waals surface area contributed by atoms with Crippen LogP contribution in [0.2, 0.25) is 5.02 Å². The summed E-state index contributed by atoms with van der Waals surface area (Å²) in [5.74, 6) is 1.41. The van der Waals surface area contributed by atoms with Crippen LogP contribution < -0.4 is 16.2 Å². The number of hydrogen-bond acceptors (Lipinski definition) is 7. The van der Waals surface area contributed by atoms with Crippen LogP contribution >= 0.6 is 11.6 Å². The Morgan fingerprint density at radius 3 is 2.79 bits per heavy atom. The van der Waals surface area contributed by atoms with Gasteiger partial charge >= 0.3 is 6.09 Å². The quantitative estimate of drug-likeness (QED) is 0.326. The molecule has 11 heteroatoms. The van der Waals surface area contributed by atoms with Crippen molar-refractivity contribution in [3.63, 3.8) is 0 Å². The Bertz CT molecular complexity index is 1430. The molecule has 1 aliphatic rings. The molecule has 3 aromatic heterocycles. The number of nitrogens with one attached hydrogen (secondary N) is 2. The van der Waals surface area contributed by atoms with E-state index in [4.69, 9.17) is 21.7 Å². The summed E-state index contributed by atoms with van der Waals surface area (Å²) in [7, 11) is 0. The van der Waals surface area contributed by atoms with E-state index in [9.17, 15) is 9.59 Å². The monoisotopic (exact) mass is 479 g/mol. The largest absolute Gasteiger partial charge is 0.465 e. The van der Waals surface area contributed by atoms with Crippen molar-refractivity contribution in [2.24, 2.45) is 5.92 Å². The molecular formula is C23H22ClN7O3. The number of nitrogens with zero attached hydrogens (tertiary/aromatic N) is 5. The molecule has 0 aliphatic heterocycles. The van der Waals surface area contributed by atoms with E-state index in [-0.39, 0.29) is 30.6 Å². The van der Waals surface area contributed by atoms with Crippen LogP contribution in [0.3, 0.4) is 0 Å². The van der Waals surface area contributed by atoms with Crippen molar-refractivity contribution in [3.05, 3.63) is 64.1 Å². The molecule has 1 fully saturated rings. The van der Waals surface area contributed by atoms with E-state index in [0.29, 0.717) is 45.0 Å². The van der Waals surface area contributed by atoms with Gasteiger partial charge in [0.15, 0.2) is 5.82 Å². The molecule has 10 nitrogen and oxygen atoms in total. The van der Waals surface area contributed by atoms with Crippen molar-refractivity contribution in [3.8, 4) is 0 Å². The predicted octanol–water partition coefficient (Wildman–Crippen LogP) is 3.61. The minimum atomic E-state index is -1.10. The molecule has 1 saturated carbocycles. The summed E-state index contributed by atoms with van der Waals surface area (Å²) in [6, 6.07) is 8.59. The third kappa shape index (κ3) is 4.36. The first-order valence-electron chi connectivity index (χ1n) is 11.0. The van der Waals surface area contributed by atoms with Crippen molar-refractivity contribution >= 4 is 45.4 Å². The van der Waals surface area contributed by atoms with E-state index in [0.717, 1.165) is 12.8 Å². The van der Waals surface area contributed by atoms with Crippen LogP contribution in [0.5, 0.6) is 0 Å². The van der Waals surface area contributed by atoms with Crippen LogP contribution in [0.25, 0.3) is 21.9 Å². The fourth-order valence-electron chi connectivity index (χ4n) is 4.10. The first-order valence-corrected chi connectivity index (χ1v) is 11.4. The lowest BCUT2D eigenvalue weighted by Crippen LogP contribution is -2.32. The van der Waals surface area contributed by atoms with Gasteiger partial charge in [-0.25, -0.2) is 19.7 Å². The van der Waals surface area contributed by atoms with E-state index in [2.05, 4.69) is 25.6 Å². The lowest BCUT2D eigenvalue weighted by Gasteiger charge is -2.23. The highest BCUT2D eigenvalue weighted by Crippen LogP contribution is 2.42. The number of aromatic nitrogens is 5. The zero-order chi connectivity index (χ0) is 23.7. The number of amides is 1. The number of pyridine rings is 1. The van der Waals surface area contributed by atoms with Gasteiger partial charge in [-0.1, -0.05) is 17.7 Å². The first kappa shape index (κ1) is 22.0. The second-order valence-corrected chi connectivity index (χ2v) is 8.61. The Balaban J connectivity index is 1.59. The maximum Gasteiger partial charge on any atom is 0.404 e. The smallest absolute Gasteiger partial charge is 0.404 e. The molecule has 3 N–H and O–H groups in total. The van der Waals surface area contributed by atoms with Crippen LogP contribution in [0.1, 0.15) is 31.1 Å². The predicted molar refractivity (Wildman–Crippen MR) is 128 cm³/mol. The highest BCUT2D eigenvalue weighted by molar-refractivity contribution is 6.35. The first-order chi connectivity index (χ1) is 16.5. The average Bonchev–Trinajstić information content (AvgIpc) is 3.66. The average molecular weight is 480 g/mol. The van der Waals surface area contributed by atoms with Gasteiger partial charge in [0.2, 0.25) is 0 Å². The third-order valence-electron chi connectivity index (χ3n) is 5.86. The van der Waals surface area contributed by atoms with Gasteiger partial charge in [0.1, 0.15) is 17.7 Å². The maximum atomic E-state index is 13.5. The van der Waals surface area contributed by atoms with E-state index in [1.54, 1.807) is 29.0 Å². The normalized spacial score (nSPS) is 14.3. The molecule has 5 rings (SSSR count). The van der Waals surface area contributed by atoms with Crippen molar-refractivity contribution < 1.29 is 9.90 Å². The lowest BCUT2D eigenvalue weighted by molar-refractivity contribution is 0.194. The van der Waals surface area contributed by atoms with Crippen LogP contribution in [-0.4, -0.2) is 42.2 Å². The molecule has 174 valence electrons.